The van der Waals surface area contributed by atoms with E-state index in [9.17, 15) is 4.79 Å². The van der Waals surface area contributed by atoms with Gasteiger partial charge in [-0.15, -0.1) is 5.10 Å². The summed E-state index contributed by atoms with van der Waals surface area (Å²) in [4.78, 5) is 11.7. The van der Waals surface area contributed by atoms with Gasteiger partial charge in [0.25, 0.3) is 0 Å². The van der Waals surface area contributed by atoms with Gasteiger partial charge in [-0.2, -0.15) is 5.10 Å². The van der Waals surface area contributed by atoms with Crippen molar-refractivity contribution in [2.24, 2.45) is 0 Å². The monoisotopic (exact) mass is 272 g/mol. The zero-order valence-corrected chi connectivity index (χ0v) is 12.1. The molecule has 20 heavy (non-hydrogen) atoms. The van der Waals surface area contributed by atoms with Crippen molar-refractivity contribution in [2.75, 3.05) is 11.9 Å². The quantitative estimate of drug-likeness (QED) is 0.896. The highest BCUT2D eigenvalue weighted by atomic mass is 16.1. The summed E-state index contributed by atoms with van der Waals surface area (Å²) in [6.07, 6.45) is 2.13. The van der Waals surface area contributed by atoms with E-state index >= 15 is 0 Å². The van der Waals surface area contributed by atoms with Crippen molar-refractivity contribution in [3.63, 3.8) is 0 Å². The summed E-state index contributed by atoms with van der Waals surface area (Å²) in [7, 11) is 0. The number of amides is 1. The first-order chi connectivity index (χ1) is 9.46. The molecule has 0 aliphatic rings. The van der Waals surface area contributed by atoms with Crippen molar-refractivity contribution in [1.82, 2.24) is 15.5 Å². The second-order valence-electron chi connectivity index (χ2n) is 5.76. The van der Waals surface area contributed by atoms with Gasteiger partial charge >= 0.3 is 0 Å². The Hall–Kier alpha value is -2.17. The maximum Gasteiger partial charge on any atom is 0.222 e. The number of anilines is 1. The summed E-state index contributed by atoms with van der Waals surface area (Å²) in [5.41, 5.74) is -0.198. The summed E-state index contributed by atoms with van der Waals surface area (Å²) in [6, 6.07) is 7.90. The summed E-state index contributed by atoms with van der Waals surface area (Å²) < 4.78 is 0. The van der Waals surface area contributed by atoms with Crippen LogP contribution in [0, 0.1) is 0 Å². The Kier molecular flexibility index (Phi) is 4.17. The van der Waals surface area contributed by atoms with Gasteiger partial charge in [-0.1, -0.05) is 24.3 Å². The van der Waals surface area contributed by atoms with Crippen LogP contribution < -0.4 is 10.6 Å². The lowest BCUT2D eigenvalue weighted by atomic mass is 10.1. The fraction of sp³-hybridized carbons (Fsp3) is 0.400. The maximum absolute atomic E-state index is 11.7. The van der Waals surface area contributed by atoms with E-state index in [4.69, 9.17) is 0 Å². The van der Waals surface area contributed by atoms with Gasteiger partial charge in [-0.25, -0.2) is 0 Å². The Morgan fingerprint density at radius 3 is 2.75 bits per heavy atom. The first-order valence-electron chi connectivity index (χ1n) is 6.71. The number of rotatable bonds is 4. The van der Waals surface area contributed by atoms with Crippen LogP contribution in [0.25, 0.3) is 10.8 Å². The largest absolute Gasteiger partial charge is 0.368 e. The van der Waals surface area contributed by atoms with Gasteiger partial charge in [0.05, 0.1) is 6.20 Å². The van der Waals surface area contributed by atoms with Gasteiger partial charge < -0.3 is 10.6 Å². The Bertz CT molecular complexity index is 599. The maximum atomic E-state index is 11.7. The fourth-order valence-corrected chi connectivity index (χ4v) is 1.93. The molecule has 0 bridgehead atoms. The first-order valence-corrected chi connectivity index (χ1v) is 6.71. The highest BCUT2D eigenvalue weighted by Gasteiger charge is 2.13. The SMILES string of the molecule is CC(C)(C)NC(=O)CCNc1nncc2ccccc12. The molecule has 0 fully saturated rings. The molecule has 5 nitrogen and oxygen atoms in total. The standard InChI is InChI=1S/C15H20N4O/c1-15(2,3)18-13(20)8-9-16-14-12-7-5-4-6-11(12)10-17-19-14/h4-7,10H,8-9H2,1-3H3,(H,16,19)(H,18,20). The molecule has 0 aliphatic heterocycles. The van der Waals surface area contributed by atoms with Gasteiger partial charge in [-0.3, -0.25) is 4.79 Å². The van der Waals surface area contributed by atoms with E-state index in [1.807, 2.05) is 45.0 Å². The molecule has 0 unspecified atom stereocenters. The second-order valence-corrected chi connectivity index (χ2v) is 5.76. The van der Waals surface area contributed by atoms with Crippen LogP contribution in [0.3, 0.4) is 0 Å². The molecule has 5 heteroatoms. The van der Waals surface area contributed by atoms with Crippen molar-refractivity contribution in [3.05, 3.63) is 30.5 Å². The van der Waals surface area contributed by atoms with E-state index < -0.39 is 0 Å². The van der Waals surface area contributed by atoms with E-state index in [-0.39, 0.29) is 11.4 Å². The molecule has 0 atom stereocenters. The van der Waals surface area contributed by atoms with Crippen LogP contribution in [0.15, 0.2) is 30.5 Å². The molecule has 2 N–H and O–H groups in total. The van der Waals surface area contributed by atoms with Gasteiger partial charge in [0.2, 0.25) is 5.91 Å². The highest BCUT2D eigenvalue weighted by molar-refractivity contribution is 5.91. The second kappa shape index (κ2) is 5.86. The van der Waals surface area contributed by atoms with Crippen LogP contribution in [0.2, 0.25) is 0 Å². The molecule has 1 aromatic carbocycles. The van der Waals surface area contributed by atoms with E-state index in [1.54, 1.807) is 6.20 Å². The van der Waals surface area contributed by atoms with Crippen LogP contribution in [0.1, 0.15) is 27.2 Å². The molecule has 2 aromatic rings. The van der Waals surface area contributed by atoms with Gasteiger partial charge in [-0.05, 0) is 20.8 Å². The Morgan fingerprint density at radius 1 is 1.25 bits per heavy atom. The fourth-order valence-electron chi connectivity index (χ4n) is 1.93. The molecule has 0 saturated heterocycles. The summed E-state index contributed by atoms with van der Waals surface area (Å²) >= 11 is 0. The number of fused-ring (bicyclic) bond motifs is 1. The van der Waals surface area contributed by atoms with E-state index in [0.29, 0.717) is 18.8 Å². The van der Waals surface area contributed by atoms with Crippen molar-refractivity contribution in [1.29, 1.82) is 0 Å². The Morgan fingerprint density at radius 2 is 2.00 bits per heavy atom. The van der Waals surface area contributed by atoms with Crippen LogP contribution in [-0.2, 0) is 4.79 Å². The molecule has 106 valence electrons. The molecule has 1 amide bonds. The van der Waals surface area contributed by atoms with Gasteiger partial charge in [0, 0.05) is 29.3 Å². The lowest BCUT2D eigenvalue weighted by Gasteiger charge is -2.20. The molecule has 0 aliphatic carbocycles. The molecule has 2 rings (SSSR count). The number of hydrogen-bond acceptors (Lipinski definition) is 4. The molecule has 0 spiro atoms. The Balaban J connectivity index is 1.95. The lowest BCUT2D eigenvalue weighted by molar-refractivity contribution is -0.122. The third kappa shape index (κ3) is 3.91. The van der Waals surface area contributed by atoms with Crippen molar-refractivity contribution in [3.8, 4) is 0 Å². The average Bonchev–Trinajstić information content (AvgIpc) is 2.37. The van der Waals surface area contributed by atoms with Gasteiger partial charge in [0.15, 0.2) is 5.82 Å². The van der Waals surface area contributed by atoms with Gasteiger partial charge in [0.1, 0.15) is 0 Å². The minimum absolute atomic E-state index is 0.0261. The van der Waals surface area contributed by atoms with E-state index in [2.05, 4.69) is 20.8 Å². The number of benzene rings is 1. The normalized spacial score (nSPS) is 11.3. The lowest BCUT2D eigenvalue weighted by Crippen LogP contribution is -2.41. The minimum Gasteiger partial charge on any atom is -0.368 e. The zero-order chi connectivity index (χ0) is 14.6. The molecule has 0 saturated carbocycles. The third-order valence-corrected chi connectivity index (χ3v) is 2.73. The number of hydrogen-bond donors (Lipinski definition) is 2. The third-order valence-electron chi connectivity index (χ3n) is 2.73. The topological polar surface area (TPSA) is 66.9 Å². The molecular formula is C15H20N4O. The highest BCUT2D eigenvalue weighted by Crippen LogP contribution is 2.18. The Labute approximate surface area is 118 Å². The number of aromatic nitrogens is 2. The van der Waals surface area contributed by atoms with E-state index in [1.165, 1.54) is 0 Å². The number of nitrogens with one attached hydrogen (secondary N) is 2. The predicted octanol–water partition coefficient (Wildman–Crippen LogP) is 2.35. The minimum atomic E-state index is -0.198. The van der Waals surface area contributed by atoms with E-state index in [0.717, 1.165) is 10.8 Å². The summed E-state index contributed by atoms with van der Waals surface area (Å²) in [6.45, 7) is 6.43. The summed E-state index contributed by atoms with van der Waals surface area (Å²) in [5.74, 6) is 0.741. The number of carbonyl (C=O) groups excluding carboxylic acids is 1. The van der Waals surface area contributed by atoms with Crippen molar-refractivity contribution < 1.29 is 4.79 Å². The number of nitrogens with zero attached hydrogens (tertiary/aromatic N) is 2. The zero-order valence-electron chi connectivity index (χ0n) is 12.1. The van der Waals surface area contributed by atoms with Crippen molar-refractivity contribution in [2.45, 2.75) is 32.7 Å². The first kappa shape index (κ1) is 14.2. The molecule has 0 radical (unpaired) electrons. The number of carbonyl (C=O) groups is 1. The van der Waals surface area contributed by atoms with Crippen LogP contribution in [-0.4, -0.2) is 28.2 Å². The average molecular weight is 272 g/mol. The van der Waals surface area contributed by atoms with Crippen LogP contribution in [0.5, 0.6) is 0 Å². The van der Waals surface area contributed by atoms with Crippen molar-refractivity contribution >= 4 is 22.5 Å². The molecule has 1 heterocycles. The predicted molar refractivity (Wildman–Crippen MR) is 80.5 cm³/mol. The molecule has 1 aromatic heterocycles. The van der Waals surface area contributed by atoms with Crippen LogP contribution in [0.4, 0.5) is 5.82 Å². The molecular weight excluding hydrogens is 252 g/mol. The smallest absolute Gasteiger partial charge is 0.222 e. The summed E-state index contributed by atoms with van der Waals surface area (Å²) in [5, 5.41) is 16.2. The van der Waals surface area contributed by atoms with Crippen LogP contribution >= 0.6 is 0 Å².